The van der Waals surface area contributed by atoms with Crippen LogP contribution in [-0.4, -0.2) is 0 Å². The second-order valence-corrected chi connectivity index (χ2v) is 5.68. The molecule has 2 aromatic carbocycles. The highest BCUT2D eigenvalue weighted by atomic mass is 35.5. The molecule has 0 aromatic heterocycles. The first-order valence-electron chi connectivity index (χ1n) is 6.71. The molecule has 1 aliphatic carbocycles. The Kier molecular flexibility index (Phi) is 3.14. The minimum Gasteiger partial charge on any atom is -0.197 e. The zero-order chi connectivity index (χ0) is 15.8. The van der Waals surface area contributed by atoms with Gasteiger partial charge in [-0.1, -0.05) is 60.1 Å². The van der Waals surface area contributed by atoms with Crippen LogP contribution in [0.1, 0.15) is 17.0 Å². The highest BCUT2D eigenvalue weighted by Gasteiger charge is 2.81. The number of halogens is 1. The molecule has 1 aliphatic rings. The van der Waals surface area contributed by atoms with Crippen LogP contribution >= 0.6 is 11.6 Å². The summed E-state index contributed by atoms with van der Waals surface area (Å²) in [4.78, 5) is 0. The van der Waals surface area contributed by atoms with E-state index >= 15 is 0 Å². The van der Waals surface area contributed by atoms with E-state index in [0.29, 0.717) is 10.6 Å². The standard InChI is InChI=1S/C18H10ClN3/c19-15-9-5-4-8-14(15)18(12-22)16(17(18,10-20)11-21)13-6-2-1-3-7-13/h1-9,16H/t16-,18-/m1/s1. The highest BCUT2D eigenvalue weighted by molar-refractivity contribution is 6.31. The van der Waals surface area contributed by atoms with Crippen molar-refractivity contribution >= 4 is 11.6 Å². The van der Waals surface area contributed by atoms with E-state index in [1.165, 1.54) is 0 Å². The minimum absolute atomic E-state index is 0.400. The molecule has 0 spiro atoms. The van der Waals surface area contributed by atoms with Gasteiger partial charge in [0, 0.05) is 10.9 Å². The maximum atomic E-state index is 9.85. The Balaban J connectivity index is 2.28. The maximum Gasteiger partial charge on any atom is 0.175 e. The van der Waals surface area contributed by atoms with Gasteiger partial charge in [-0.3, -0.25) is 0 Å². The Morgan fingerprint density at radius 3 is 1.95 bits per heavy atom. The van der Waals surface area contributed by atoms with Crippen LogP contribution in [0.2, 0.25) is 5.02 Å². The monoisotopic (exact) mass is 303 g/mol. The second kappa shape index (κ2) is 4.88. The molecular formula is C18H10ClN3. The number of nitrogens with zero attached hydrogens (tertiary/aromatic N) is 3. The zero-order valence-electron chi connectivity index (χ0n) is 11.5. The lowest BCUT2D eigenvalue weighted by Gasteiger charge is -2.11. The van der Waals surface area contributed by atoms with Crippen LogP contribution in [0.15, 0.2) is 54.6 Å². The van der Waals surface area contributed by atoms with E-state index in [1.807, 2.05) is 30.3 Å². The quantitative estimate of drug-likeness (QED) is 0.843. The first-order valence-corrected chi connectivity index (χ1v) is 7.09. The molecule has 104 valence electrons. The SMILES string of the molecule is N#CC1(C#N)[C@@H](c2ccccc2)[C@@]1(C#N)c1ccccc1Cl. The number of nitriles is 3. The zero-order valence-corrected chi connectivity index (χ0v) is 12.2. The van der Waals surface area contributed by atoms with Crippen LogP contribution in [-0.2, 0) is 5.41 Å². The van der Waals surface area contributed by atoms with Gasteiger partial charge in [-0.15, -0.1) is 0 Å². The van der Waals surface area contributed by atoms with Gasteiger partial charge in [0.2, 0.25) is 0 Å². The van der Waals surface area contributed by atoms with Gasteiger partial charge in [0.25, 0.3) is 0 Å². The van der Waals surface area contributed by atoms with Gasteiger partial charge in [-0.25, -0.2) is 0 Å². The average Bonchev–Trinajstić information content (AvgIpc) is 3.19. The summed E-state index contributed by atoms with van der Waals surface area (Å²) >= 11 is 6.25. The Morgan fingerprint density at radius 1 is 0.818 bits per heavy atom. The molecule has 0 heterocycles. The third-order valence-electron chi connectivity index (χ3n) is 4.37. The van der Waals surface area contributed by atoms with Gasteiger partial charge >= 0.3 is 0 Å². The van der Waals surface area contributed by atoms with Crippen molar-refractivity contribution in [1.29, 1.82) is 15.8 Å². The number of hydrogen-bond acceptors (Lipinski definition) is 3. The van der Waals surface area contributed by atoms with E-state index in [4.69, 9.17) is 11.6 Å². The molecule has 0 aliphatic heterocycles. The molecule has 0 amide bonds. The van der Waals surface area contributed by atoms with Crippen molar-refractivity contribution in [2.75, 3.05) is 0 Å². The van der Waals surface area contributed by atoms with Crippen LogP contribution in [0, 0.1) is 39.4 Å². The maximum absolute atomic E-state index is 9.85. The molecule has 1 saturated carbocycles. The third kappa shape index (κ3) is 1.54. The van der Waals surface area contributed by atoms with Gasteiger partial charge in [0.15, 0.2) is 5.41 Å². The molecule has 3 rings (SSSR count). The summed E-state index contributed by atoms with van der Waals surface area (Å²) in [6, 6.07) is 22.5. The van der Waals surface area contributed by atoms with E-state index in [2.05, 4.69) is 18.2 Å². The van der Waals surface area contributed by atoms with Crippen molar-refractivity contribution in [3.05, 3.63) is 70.7 Å². The Morgan fingerprint density at radius 2 is 1.41 bits per heavy atom. The van der Waals surface area contributed by atoms with Crippen LogP contribution < -0.4 is 0 Å². The second-order valence-electron chi connectivity index (χ2n) is 5.27. The van der Waals surface area contributed by atoms with Crippen molar-refractivity contribution in [3.63, 3.8) is 0 Å². The first kappa shape index (κ1) is 14.2. The molecule has 0 saturated heterocycles. The van der Waals surface area contributed by atoms with Crippen LogP contribution in [0.3, 0.4) is 0 Å². The molecule has 3 nitrogen and oxygen atoms in total. The fourth-order valence-corrected chi connectivity index (χ4v) is 3.60. The van der Waals surface area contributed by atoms with Crippen LogP contribution in [0.5, 0.6) is 0 Å². The lowest BCUT2D eigenvalue weighted by Crippen LogP contribution is -2.15. The summed E-state index contributed by atoms with van der Waals surface area (Å²) in [5.41, 5.74) is -1.33. The van der Waals surface area contributed by atoms with E-state index < -0.39 is 16.7 Å². The normalized spacial score (nSPS) is 24.5. The van der Waals surface area contributed by atoms with E-state index in [9.17, 15) is 15.8 Å². The predicted molar refractivity (Wildman–Crippen MR) is 81.6 cm³/mol. The van der Waals surface area contributed by atoms with E-state index in [0.717, 1.165) is 5.56 Å². The highest BCUT2D eigenvalue weighted by Crippen LogP contribution is 2.74. The number of rotatable bonds is 2. The molecule has 0 radical (unpaired) electrons. The molecule has 2 atom stereocenters. The third-order valence-corrected chi connectivity index (χ3v) is 4.69. The number of hydrogen-bond donors (Lipinski definition) is 0. The van der Waals surface area contributed by atoms with Crippen molar-refractivity contribution in [2.45, 2.75) is 11.3 Å². The van der Waals surface area contributed by atoms with Gasteiger partial charge < -0.3 is 0 Å². The molecule has 0 bridgehead atoms. The van der Waals surface area contributed by atoms with Crippen molar-refractivity contribution in [1.82, 2.24) is 0 Å². The molecule has 0 unspecified atom stereocenters. The summed E-state index contributed by atoms with van der Waals surface area (Å²) in [6.45, 7) is 0. The Hall–Kier alpha value is -2.80. The lowest BCUT2D eigenvalue weighted by molar-refractivity contribution is 0.742. The fourth-order valence-electron chi connectivity index (χ4n) is 3.31. The van der Waals surface area contributed by atoms with Gasteiger partial charge in [0.05, 0.1) is 18.2 Å². The van der Waals surface area contributed by atoms with Crippen molar-refractivity contribution in [3.8, 4) is 18.2 Å². The predicted octanol–water partition coefficient (Wildman–Crippen LogP) is 3.93. The Labute approximate surface area is 133 Å². The van der Waals surface area contributed by atoms with Gasteiger partial charge in [-0.2, -0.15) is 15.8 Å². The summed E-state index contributed by atoms with van der Waals surface area (Å²) in [5.74, 6) is -0.513. The molecule has 22 heavy (non-hydrogen) atoms. The molecule has 4 heteroatoms. The smallest absolute Gasteiger partial charge is 0.175 e. The van der Waals surface area contributed by atoms with E-state index in [1.54, 1.807) is 24.3 Å². The van der Waals surface area contributed by atoms with Crippen LogP contribution in [0.25, 0.3) is 0 Å². The summed E-state index contributed by atoms with van der Waals surface area (Å²) < 4.78 is 0. The van der Waals surface area contributed by atoms with E-state index in [-0.39, 0.29) is 0 Å². The topological polar surface area (TPSA) is 71.4 Å². The summed E-state index contributed by atoms with van der Waals surface area (Å²) in [5, 5.41) is 29.5. The summed E-state index contributed by atoms with van der Waals surface area (Å²) in [7, 11) is 0. The fraction of sp³-hybridized carbons (Fsp3) is 0.167. The molecule has 1 fully saturated rings. The van der Waals surface area contributed by atoms with Crippen molar-refractivity contribution in [2.24, 2.45) is 5.41 Å². The largest absolute Gasteiger partial charge is 0.197 e. The molecule has 0 N–H and O–H groups in total. The number of benzene rings is 2. The van der Waals surface area contributed by atoms with Gasteiger partial charge in [-0.05, 0) is 17.2 Å². The molecule has 2 aromatic rings. The van der Waals surface area contributed by atoms with Crippen molar-refractivity contribution < 1.29 is 0 Å². The van der Waals surface area contributed by atoms with Crippen LogP contribution in [0.4, 0.5) is 0 Å². The average molecular weight is 304 g/mol. The lowest BCUT2D eigenvalue weighted by atomic mass is 9.88. The summed E-state index contributed by atoms with van der Waals surface area (Å²) in [6.07, 6.45) is 0. The first-order chi connectivity index (χ1) is 10.7. The molecular weight excluding hydrogens is 294 g/mol. The Bertz CT molecular complexity index is 840. The van der Waals surface area contributed by atoms with Gasteiger partial charge in [0.1, 0.15) is 5.41 Å². The minimum atomic E-state index is -1.42.